The maximum Gasteiger partial charge on any atom is 0.249 e. The first kappa shape index (κ1) is 35.2. The molecule has 0 aliphatic carbocycles. The van der Waals surface area contributed by atoms with Crippen molar-refractivity contribution in [2.24, 2.45) is 0 Å². The zero-order valence-corrected chi connectivity index (χ0v) is 36.3. The maximum atomic E-state index is 2.58. The largest absolute Gasteiger partial charge is 0.310 e. The van der Waals surface area contributed by atoms with Gasteiger partial charge in [-0.25, -0.2) is 0 Å². The standard InChI is InChI=1S/C60H35BN4S/c1-8-25-47-37(16-1)38-17-2-9-26-48(38)62(47)36-32-56-59-58(33-36)66-57-35-55(64-51-29-12-5-20-41(51)42-21-6-13-30-52(42)64)54(63-49-27-10-3-18-39(49)40-19-4-11-28-50(40)63)34-46(57)61(59)45-24-15-23-44-43-22-7-14-31-53(43)65(56)60(44)45/h1-35H. The van der Waals surface area contributed by atoms with Crippen molar-refractivity contribution < 1.29 is 0 Å². The molecule has 0 N–H and O–H groups in total. The van der Waals surface area contributed by atoms with E-state index < -0.39 is 0 Å². The summed E-state index contributed by atoms with van der Waals surface area (Å²) in [4.78, 5) is 2.57. The third kappa shape index (κ3) is 4.42. The fourth-order valence-corrected chi connectivity index (χ4v) is 13.4. The zero-order chi connectivity index (χ0) is 42.8. The van der Waals surface area contributed by atoms with Crippen LogP contribution in [0, 0.1) is 0 Å². The Bertz CT molecular complexity index is 4310. The van der Waals surface area contributed by atoms with Crippen LogP contribution in [-0.4, -0.2) is 25.0 Å². The molecule has 0 saturated heterocycles. The predicted molar refractivity (Wildman–Crippen MR) is 279 cm³/mol. The first-order chi connectivity index (χ1) is 32.8. The summed E-state index contributed by atoms with van der Waals surface area (Å²) in [5, 5.41) is 10.1. The Morgan fingerprint density at radius 1 is 0.288 bits per heavy atom. The average Bonchev–Trinajstić information content (AvgIpc) is 4.10. The van der Waals surface area contributed by atoms with Gasteiger partial charge < -0.3 is 18.3 Å². The molecule has 16 rings (SSSR count). The summed E-state index contributed by atoms with van der Waals surface area (Å²) in [6.45, 7) is -0.00185. The topological polar surface area (TPSA) is 19.7 Å². The Hall–Kier alpha value is -8.19. The summed E-state index contributed by atoms with van der Waals surface area (Å²) in [5.41, 5.74) is 18.6. The fraction of sp³-hybridized carbons (Fsp3) is 0. The van der Waals surface area contributed by atoms with Gasteiger partial charge in [-0.2, -0.15) is 0 Å². The van der Waals surface area contributed by atoms with Gasteiger partial charge in [0, 0.05) is 69.8 Å². The van der Waals surface area contributed by atoms with Crippen LogP contribution in [0.25, 0.3) is 110 Å². The van der Waals surface area contributed by atoms with E-state index in [1.165, 1.54) is 130 Å². The molecule has 6 heterocycles. The van der Waals surface area contributed by atoms with Crippen LogP contribution in [0.3, 0.4) is 0 Å². The Balaban J connectivity index is 1.07. The Kier molecular flexibility index (Phi) is 6.80. The van der Waals surface area contributed by atoms with E-state index in [0.717, 1.165) is 5.69 Å². The molecule has 66 heavy (non-hydrogen) atoms. The van der Waals surface area contributed by atoms with Crippen molar-refractivity contribution in [2.75, 3.05) is 0 Å². The predicted octanol–water partition coefficient (Wildman–Crippen LogP) is 13.4. The number of benzene rings is 10. The lowest BCUT2D eigenvalue weighted by molar-refractivity contribution is 1.08. The van der Waals surface area contributed by atoms with Crippen LogP contribution in [0.5, 0.6) is 0 Å². The number of hydrogen-bond acceptors (Lipinski definition) is 1. The quantitative estimate of drug-likeness (QED) is 0.162. The molecule has 0 amide bonds. The number of aromatic nitrogens is 4. The number of hydrogen-bond donors (Lipinski definition) is 0. The molecule has 10 aromatic carbocycles. The zero-order valence-electron chi connectivity index (χ0n) is 35.5. The first-order valence-corrected chi connectivity index (χ1v) is 23.6. The van der Waals surface area contributed by atoms with Gasteiger partial charge in [0.25, 0.3) is 0 Å². The summed E-state index contributed by atoms with van der Waals surface area (Å²) >= 11 is 1.93. The minimum Gasteiger partial charge on any atom is -0.310 e. The highest BCUT2D eigenvalue weighted by Gasteiger charge is 2.41. The summed E-state index contributed by atoms with van der Waals surface area (Å²) in [7, 11) is 0. The van der Waals surface area contributed by atoms with Gasteiger partial charge in [0.05, 0.1) is 50.0 Å². The Morgan fingerprint density at radius 3 is 1.17 bits per heavy atom. The van der Waals surface area contributed by atoms with E-state index in [-0.39, 0.29) is 6.71 Å². The number of fused-ring (bicyclic) bond motifs is 16. The van der Waals surface area contributed by atoms with Crippen molar-refractivity contribution in [3.05, 3.63) is 212 Å². The highest BCUT2D eigenvalue weighted by atomic mass is 32.2. The molecule has 0 fully saturated rings. The number of nitrogens with zero attached hydrogens (tertiary/aromatic N) is 4. The third-order valence-corrected chi connectivity index (χ3v) is 15.9. The van der Waals surface area contributed by atoms with E-state index in [4.69, 9.17) is 0 Å². The Labute approximate surface area is 383 Å². The second kappa shape index (κ2) is 12.8. The summed E-state index contributed by atoms with van der Waals surface area (Å²) < 4.78 is 10.1. The van der Waals surface area contributed by atoms with Crippen molar-refractivity contribution >= 4 is 122 Å². The van der Waals surface area contributed by atoms with Gasteiger partial charge in [-0.05, 0) is 77.7 Å². The molecule has 14 aromatic rings. The van der Waals surface area contributed by atoms with Crippen LogP contribution in [0.2, 0.25) is 0 Å². The monoisotopic (exact) mass is 854 g/mol. The highest BCUT2D eigenvalue weighted by Crippen LogP contribution is 2.45. The minimum absolute atomic E-state index is 0.00185. The van der Waals surface area contributed by atoms with Crippen LogP contribution >= 0.6 is 11.8 Å². The molecule has 4 aromatic heterocycles. The molecule has 0 unspecified atom stereocenters. The second-order valence-corrected chi connectivity index (χ2v) is 19.1. The third-order valence-electron chi connectivity index (χ3n) is 14.8. The van der Waals surface area contributed by atoms with Crippen molar-refractivity contribution in [1.82, 2.24) is 18.3 Å². The molecule has 4 nitrogen and oxygen atoms in total. The van der Waals surface area contributed by atoms with Gasteiger partial charge in [-0.1, -0.05) is 163 Å². The van der Waals surface area contributed by atoms with Crippen LogP contribution in [0.1, 0.15) is 0 Å². The molecule has 0 saturated carbocycles. The van der Waals surface area contributed by atoms with Crippen LogP contribution in [0.15, 0.2) is 222 Å². The van der Waals surface area contributed by atoms with Gasteiger partial charge in [-0.3, -0.25) is 0 Å². The normalized spacial score (nSPS) is 13.1. The number of para-hydroxylation sites is 8. The summed E-state index contributed by atoms with van der Waals surface area (Å²) in [6.07, 6.45) is 0. The molecule has 0 radical (unpaired) electrons. The van der Waals surface area contributed by atoms with Crippen LogP contribution in [0.4, 0.5) is 0 Å². The van der Waals surface area contributed by atoms with Crippen molar-refractivity contribution in [1.29, 1.82) is 0 Å². The van der Waals surface area contributed by atoms with Gasteiger partial charge in [0.2, 0.25) is 6.71 Å². The van der Waals surface area contributed by atoms with Crippen LogP contribution < -0.4 is 16.4 Å². The molecule has 0 spiro atoms. The molecule has 6 heteroatoms. The lowest BCUT2D eigenvalue weighted by atomic mass is 9.35. The van der Waals surface area contributed by atoms with Crippen molar-refractivity contribution in [3.8, 4) is 22.7 Å². The van der Waals surface area contributed by atoms with E-state index >= 15 is 0 Å². The van der Waals surface area contributed by atoms with Gasteiger partial charge in [0.15, 0.2) is 0 Å². The second-order valence-electron chi connectivity index (χ2n) is 18.0. The van der Waals surface area contributed by atoms with E-state index in [9.17, 15) is 0 Å². The lowest BCUT2D eigenvalue weighted by Gasteiger charge is -2.34. The molecule has 0 bridgehead atoms. The molecular weight excluding hydrogens is 820 g/mol. The molecule has 2 aliphatic heterocycles. The van der Waals surface area contributed by atoms with Crippen molar-refractivity contribution in [3.63, 3.8) is 0 Å². The number of rotatable bonds is 3. The van der Waals surface area contributed by atoms with E-state index in [2.05, 4.69) is 231 Å². The van der Waals surface area contributed by atoms with E-state index in [1.54, 1.807) is 0 Å². The van der Waals surface area contributed by atoms with Crippen molar-refractivity contribution in [2.45, 2.75) is 9.79 Å². The lowest BCUT2D eigenvalue weighted by Crippen LogP contribution is -2.58. The molecule has 304 valence electrons. The van der Waals surface area contributed by atoms with Gasteiger partial charge >= 0.3 is 0 Å². The summed E-state index contributed by atoms with van der Waals surface area (Å²) in [5.74, 6) is 0. The SMILES string of the molecule is c1ccc2c(c1)c1ccccc1n2-c1cc2c3c(c1)-n1c4ccccc4c4cccc(c41)B3c1cc(-n3c4ccccc4c4ccccc43)c(-n3c4ccccc4c4ccccc43)cc1S2. The molecular formula is C60H35BN4S. The smallest absolute Gasteiger partial charge is 0.249 e. The fourth-order valence-electron chi connectivity index (χ4n) is 12.2. The van der Waals surface area contributed by atoms with E-state index in [1.807, 2.05) is 11.8 Å². The summed E-state index contributed by atoms with van der Waals surface area (Å²) in [6, 6.07) is 79.5. The van der Waals surface area contributed by atoms with Gasteiger partial charge in [0.1, 0.15) is 0 Å². The highest BCUT2D eigenvalue weighted by molar-refractivity contribution is 8.00. The van der Waals surface area contributed by atoms with E-state index in [0.29, 0.717) is 0 Å². The van der Waals surface area contributed by atoms with Gasteiger partial charge in [-0.15, -0.1) is 0 Å². The minimum atomic E-state index is -0.00185. The average molecular weight is 855 g/mol. The Morgan fingerprint density at radius 2 is 0.682 bits per heavy atom. The van der Waals surface area contributed by atoms with Crippen LogP contribution in [-0.2, 0) is 0 Å². The molecule has 2 aliphatic rings. The molecule has 0 atom stereocenters. The first-order valence-electron chi connectivity index (χ1n) is 22.8. The maximum absolute atomic E-state index is 2.58.